The highest BCUT2D eigenvalue weighted by Crippen LogP contribution is 2.30. The molecular formula is C22H25BrN2O5S. The molecule has 1 saturated heterocycles. The summed E-state index contributed by atoms with van der Waals surface area (Å²) in [6.07, 6.45) is 0.775. The molecule has 0 aliphatic carbocycles. The molecule has 1 atom stereocenters. The van der Waals surface area contributed by atoms with Crippen molar-refractivity contribution in [2.75, 3.05) is 26.2 Å². The van der Waals surface area contributed by atoms with E-state index in [1.807, 2.05) is 36.4 Å². The Hall–Kier alpha value is -2.10. The van der Waals surface area contributed by atoms with Gasteiger partial charge in [-0.3, -0.25) is 4.79 Å². The molecule has 1 fully saturated rings. The Labute approximate surface area is 190 Å². The van der Waals surface area contributed by atoms with Gasteiger partial charge >= 0.3 is 0 Å². The molecule has 166 valence electrons. The Bertz CT molecular complexity index is 1020. The van der Waals surface area contributed by atoms with Crippen molar-refractivity contribution in [1.82, 2.24) is 9.62 Å². The van der Waals surface area contributed by atoms with Gasteiger partial charge in [0.2, 0.25) is 15.9 Å². The van der Waals surface area contributed by atoms with E-state index in [-0.39, 0.29) is 23.7 Å². The first-order valence-corrected chi connectivity index (χ1v) is 12.7. The number of hydrogen-bond acceptors (Lipinski definition) is 5. The maximum Gasteiger partial charge on any atom is 0.223 e. The molecule has 1 N–H and O–H groups in total. The topological polar surface area (TPSA) is 84.9 Å². The summed E-state index contributed by atoms with van der Waals surface area (Å²) in [5.74, 6) is 1.10. The van der Waals surface area contributed by atoms with Gasteiger partial charge in [-0.25, -0.2) is 12.7 Å². The zero-order chi connectivity index (χ0) is 21.8. The molecule has 2 aliphatic heterocycles. The van der Waals surface area contributed by atoms with E-state index in [1.165, 1.54) is 4.31 Å². The first kappa shape index (κ1) is 22.1. The van der Waals surface area contributed by atoms with Crippen molar-refractivity contribution >= 4 is 31.9 Å². The molecule has 0 bridgehead atoms. The van der Waals surface area contributed by atoms with Gasteiger partial charge in [0.1, 0.15) is 12.7 Å². The number of benzene rings is 2. The number of halogens is 1. The smallest absolute Gasteiger partial charge is 0.223 e. The number of fused-ring (bicyclic) bond motifs is 1. The minimum atomic E-state index is -3.41. The Morgan fingerprint density at radius 2 is 1.74 bits per heavy atom. The lowest BCUT2D eigenvalue weighted by molar-refractivity contribution is -0.126. The molecule has 4 rings (SSSR count). The van der Waals surface area contributed by atoms with E-state index in [0.29, 0.717) is 50.6 Å². The molecule has 7 nitrogen and oxygen atoms in total. The zero-order valence-corrected chi connectivity index (χ0v) is 19.4. The molecule has 2 aliphatic rings. The summed E-state index contributed by atoms with van der Waals surface area (Å²) in [4.78, 5) is 12.6. The van der Waals surface area contributed by atoms with E-state index in [0.717, 1.165) is 10.0 Å². The van der Waals surface area contributed by atoms with Crippen LogP contribution < -0.4 is 14.8 Å². The molecule has 1 amide bonds. The van der Waals surface area contributed by atoms with E-state index < -0.39 is 10.0 Å². The summed E-state index contributed by atoms with van der Waals surface area (Å²) in [5.41, 5.74) is 0.749. The number of carbonyl (C=O) groups excluding carboxylic acids is 1. The third-order valence-corrected chi connectivity index (χ3v) is 7.93. The van der Waals surface area contributed by atoms with Crippen LogP contribution in [0.25, 0.3) is 0 Å². The van der Waals surface area contributed by atoms with Crippen LogP contribution in [0.3, 0.4) is 0 Å². The number of nitrogens with one attached hydrogen (secondary N) is 1. The normalized spacial score (nSPS) is 19.7. The first-order chi connectivity index (χ1) is 14.9. The van der Waals surface area contributed by atoms with Gasteiger partial charge in [0, 0.05) is 23.5 Å². The van der Waals surface area contributed by atoms with E-state index in [4.69, 9.17) is 9.47 Å². The average molecular weight is 509 g/mol. The maximum atomic E-state index is 12.7. The van der Waals surface area contributed by atoms with Crippen molar-refractivity contribution < 1.29 is 22.7 Å². The molecule has 0 unspecified atom stereocenters. The summed E-state index contributed by atoms with van der Waals surface area (Å²) in [6.45, 7) is 1.44. The minimum absolute atomic E-state index is 0.0301. The third kappa shape index (κ3) is 5.58. The predicted octanol–water partition coefficient (Wildman–Crippen LogP) is 2.95. The van der Waals surface area contributed by atoms with E-state index in [1.54, 1.807) is 12.1 Å². The van der Waals surface area contributed by atoms with Crippen molar-refractivity contribution in [3.63, 3.8) is 0 Å². The van der Waals surface area contributed by atoms with Gasteiger partial charge in [-0.05, 0) is 42.7 Å². The van der Waals surface area contributed by atoms with Gasteiger partial charge in [0.05, 0.1) is 12.3 Å². The SMILES string of the molecule is O=C(NC[C@H]1COc2ccccc2O1)C1CCN(S(=O)(=O)Cc2ccc(Br)cc2)CC1. The summed E-state index contributed by atoms with van der Waals surface area (Å²) >= 11 is 3.35. The van der Waals surface area contributed by atoms with Crippen LogP contribution >= 0.6 is 15.9 Å². The standard InChI is InChI=1S/C22H25BrN2O5S/c23-18-7-5-16(6-8-18)15-31(27,28)25-11-9-17(10-12-25)22(26)24-13-19-14-29-20-3-1-2-4-21(20)30-19/h1-8,17,19H,9-15H2,(H,24,26)/t19-/m0/s1. The number of sulfonamides is 1. The van der Waals surface area contributed by atoms with Crippen molar-refractivity contribution in [1.29, 1.82) is 0 Å². The molecule has 0 saturated carbocycles. The van der Waals surface area contributed by atoms with Crippen LogP contribution in [0.4, 0.5) is 0 Å². The number of para-hydroxylation sites is 2. The fourth-order valence-corrected chi connectivity index (χ4v) is 5.63. The first-order valence-electron chi connectivity index (χ1n) is 10.3. The van der Waals surface area contributed by atoms with Crippen LogP contribution in [-0.4, -0.2) is 51.0 Å². The van der Waals surface area contributed by atoms with E-state index in [2.05, 4.69) is 21.2 Å². The van der Waals surface area contributed by atoms with E-state index >= 15 is 0 Å². The summed E-state index contributed by atoms with van der Waals surface area (Å²) in [5, 5.41) is 2.94. The largest absolute Gasteiger partial charge is 0.486 e. The monoisotopic (exact) mass is 508 g/mol. The number of nitrogens with zero attached hydrogens (tertiary/aromatic N) is 1. The lowest BCUT2D eigenvalue weighted by atomic mass is 9.97. The van der Waals surface area contributed by atoms with Crippen molar-refractivity contribution in [3.8, 4) is 11.5 Å². The van der Waals surface area contributed by atoms with Crippen molar-refractivity contribution in [3.05, 3.63) is 58.6 Å². The second-order valence-electron chi connectivity index (χ2n) is 7.80. The van der Waals surface area contributed by atoms with Crippen molar-refractivity contribution in [2.45, 2.75) is 24.7 Å². The van der Waals surface area contributed by atoms with Gasteiger partial charge in [0.25, 0.3) is 0 Å². The predicted molar refractivity (Wildman–Crippen MR) is 120 cm³/mol. The molecular weight excluding hydrogens is 484 g/mol. The molecule has 0 spiro atoms. The number of carbonyl (C=O) groups is 1. The van der Waals surface area contributed by atoms with Crippen LogP contribution in [0.1, 0.15) is 18.4 Å². The second kappa shape index (κ2) is 9.58. The molecule has 9 heteroatoms. The van der Waals surface area contributed by atoms with Crippen LogP contribution in [0.15, 0.2) is 53.0 Å². The van der Waals surface area contributed by atoms with Gasteiger partial charge in [-0.1, -0.05) is 40.2 Å². The molecule has 2 aromatic rings. The number of ether oxygens (including phenoxy) is 2. The maximum absolute atomic E-state index is 12.7. The second-order valence-corrected chi connectivity index (χ2v) is 10.7. The Balaban J connectivity index is 1.24. The zero-order valence-electron chi connectivity index (χ0n) is 17.0. The number of rotatable bonds is 6. The third-order valence-electron chi connectivity index (χ3n) is 5.55. The number of amides is 1. The Morgan fingerprint density at radius 3 is 2.45 bits per heavy atom. The average Bonchev–Trinajstić information content (AvgIpc) is 2.79. The summed E-state index contributed by atoms with van der Waals surface area (Å²) < 4.78 is 39.4. The van der Waals surface area contributed by atoms with Crippen LogP contribution in [0.5, 0.6) is 11.5 Å². The minimum Gasteiger partial charge on any atom is -0.486 e. The Kier molecular flexibility index (Phi) is 6.83. The number of hydrogen-bond donors (Lipinski definition) is 1. The lowest BCUT2D eigenvalue weighted by Gasteiger charge is -2.31. The highest BCUT2D eigenvalue weighted by atomic mass is 79.9. The van der Waals surface area contributed by atoms with Gasteiger partial charge in [-0.2, -0.15) is 0 Å². The lowest BCUT2D eigenvalue weighted by Crippen LogP contribution is -2.46. The Morgan fingerprint density at radius 1 is 1.06 bits per heavy atom. The van der Waals surface area contributed by atoms with Crippen LogP contribution in [0.2, 0.25) is 0 Å². The van der Waals surface area contributed by atoms with Crippen LogP contribution in [0, 0.1) is 5.92 Å². The number of piperidine rings is 1. The van der Waals surface area contributed by atoms with Gasteiger partial charge in [-0.15, -0.1) is 0 Å². The fraction of sp³-hybridized carbons (Fsp3) is 0.409. The molecule has 31 heavy (non-hydrogen) atoms. The van der Waals surface area contributed by atoms with Crippen molar-refractivity contribution in [2.24, 2.45) is 5.92 Å². The van der Waals surface area contributed by atoms with Gasteiger partial charge < -0.3 is 14.8 Å². The van der Waals surface area contributed by atoms with Crippen LogP contribution in [-0.2, 0) is 20.6 Å². The van der Waals surface area contributed by atoms with E-state index in [9.17, 15) is 13.2 Å². The molecule has 0 aromatic heterocycles. The highest BCUT2D eigenvalue weighted by molar-refractivity contribution is 9.10. The molecule has 2 aromatic carbocycles. The summed E-state index contributed by atoms with van der Waals surface area (Å²) in [7, 11) is -3.41. The highest BCUT2D eigenvalue weighted by Gasteiger charge is 2.31. The fourth-order valence-electron chi connectivity index (χ4n) is 3.80. The summed E-state index contributed by atoms with van der Waals surface area (Å²) in [6, 6.07) is 14.7. The quantitative estimate of drug-likeness (QED) is 0.648. The van der Waals surface area contributed by atoms with Gasteiger partial charge in [0.15, 0.2) is 11.5 Å². The molecule has 0 radical (unpaired) electrons. The molecule has 2 heterocycles.